The molecule has 0 atom stereocenters. The fraction of sp³-hybridized carbons (Fsp3) is 0.467. The summed E-state index contributed by atoms with van der Waals surface area (Å²) in [5.74, 6) is 1.56. The van der Waals surface area contributed by atoms with Crippen molar-refractivity contribution in [1.82, 2.24) is 9.97 Å². The Hall–Kier alpha value is -0.650. The van der Waals surface area contributed by atoms with Crippen LogP contribution in [-0.2, 0) is 5.41 Å². The molecule has 2 aromatic heterocycles. The zero-order valence-electron chi connectivity index (χ0n) is 12.6. The van der Waals surface area contributed by atoms with Crippen molar-refractivity contribution in [1.29, 1.82) is 0 Å². The number of anilines is 1. The minimum Gasteiger partial charge on any atom is -0.369 e. The lowest BCUT2D eigenvalue weighted by molar-refractivity contribution is 0.564. The molecule has 2 heterocycles. The third kappa shape index (κ3) is 3.96. The Balaban J connectivity index is 2.55. The Labute approximate surface area is 143 Å². The Morgan fingerprint density at radius 2 is 2.00 bits per heavy atom. The first kappa shape index (κ1) is 16.7. The van der Waals surface area contributed by atoms with Crippen LogP contribution in [0.3, 0.4) is 0 Å². The Morgan fingerprint density at radius 3 is 2.52 bits per heavy atom. The summed E-state index contributed by atoms with van der Waals surface area (Å²) in [5, 5.41) is 3.37. The Bertz CT molecular complexity index is 634. The molecule has 0 aliphatic rings. The molecule has 0 aliphatic heterocycles. The molecule has 6 heteroatoms. The fourth-order valence-electron chi connectivity index (χ4n) is 1.85. The highest BCUT2D eigenvalue weighted by atomic mass is 79.9. The van der Waals surface area contributed by atoms with Crippen LogP contribution in [0.1, 0.15) is 39.8 Å². The van der Waals surface area contributed by atoms with Gasteiger partial charge in [-0.2, -0.15) is 0 Å². The predicted molar refractivity (Wildman–Crippen MR) is 95.5 cm³/mol. The summed E-state index contributed by atoms with van der Waals surface area (Å²) in [6.07, 6.45) is 1.04. The van der Waals surface area contributed by atoms with E-state index in [1.165, 1.54) is 11.3 Å². The van der Waals surface area contributed by atoms with Crippen molar-refractivity contribution in [3.63, 3.8) is 0 Å². The highest BCUT2D eigenvalue weighted by Gasteiger charge is 2.24. The van der Waals surface area contributed by atoms with Gasteiger partial charge in [0.05, 0.1) is 19.4 Å². The van der Waals surface area contributed by atoms with Crippen LogP contribution in [0.15, 0.2) is 16.6 Å². The van der Waals surface area contributed by atoms with Crippen LogP contribution in [0.2, 0.25) is 4.34 Å². The summed E-state index contributed by atoms with van der Waals surface area (Å²) >= 11 is 11.2. The van der Waals surface area contributed by atoms with Crippen LogP contribution in [0.4, 0.5) is 5.82 Å². The molecule has 1 N–H and O–H groups in total. The fourth-order valence-corrected chi connectivity index (χ4v) is 3.74. The second kappa shape index (κ2) is 6.63. The lowest BCUT2D eigenvalue weighted by Gasteiger charge is -2.22. The Kier molecular flexibility index (Phi) is 5.28. The number of rotatable bonds is 4. The summed E-state index contributed by atoms with van der Waals surface area (Å²) < 4.78 is 1.69. The van der Waals surface area contributed by atoms with Gasteiger partial charge >= 0.3 is 0 Å². The summed E-state index contributed by atoms with van der Waals surface area (Å²) in [6.45, 7) is 9.45. The van der Waals surface area contributed by atoms with Gasteiger partial charge in [-0.05, 0) is 34.5 Å². The number of thiophene rings is 1. The van der Waals surface area contributed by atoms with Crippen molar-refractivity contribution in [3.8, 4) is 10.7 Å². The standard InChI is InChI=1S/C15H19BrClN3S/c1-5-8-18-14-11(16)12(15(2,3)4)19-13(20-14)9-6-7-10(17)21-9/h6-7H,5,8H2,1-4H3,(H,18,19,20). The molecule has 3 nitrogen and oxygen atoms in total. The maximum absolute atomic E-state index is 6.03. The molecule has 2 aromatic rings. The minimum absolute atomic E-state index is 0.0692. The van der Waals surface area contributed by atoms with Crippen molar-refractivity contribution in [2.24, 2.45) is 0 Å². The molecule has 0 fully saturated rings. The number of hydrogen-bond acceptors (Lipinski definition) is 4. The third-order valence-electron chi connectivity index (χ3n) is 2.90. The van der Waals surface area contributed by atoms with Gasteiger partial charge in [-0.1, -0.05) is 39.3 Å². The monoisotopic (exact) mass is 387 g/mol. The maximum atomic E-state index is 6.03. The molecule has 0 saturated carbocycles. The van der Waals surface area contributed by atoms with Gasteiger partial charge in [-0.25, -0.2) is 9.97 Å². The summed E-state index contributed by atoms with van der Waals surface area (Å²) in [5.41, 5.74) is 0.927. The van der Waals surface area contributed by atoms with E-state index in [-0.39, 0.29) is 5.41 Å². The van der Waals surface area contributed by atoms with E-state index in [1.54, 1.807) is 0 Å². The maximum Gasteiger partial charge on any atom is 0.172 e. The van der Waals surface area contributed by atoms with Gasteiger partial charge in [-0.15, -0.1) is 11.3 Å². The lowest BCUT2D eigenvalue weighted by Crippen LogP contribution is -2.17. The number of nitrogens with one attached hydrogen (secondary N) is 1. The second-order valence-electron chi connectivity index (χ2n) is 5.84. The first-order chi connectivity index (χ1) is 9.82. The van der Waals surface area contributed by atoms with Crippen LogP contribution >= 0.6 is 38.9 Å². The summed E-state index contributed by atoms with van der Waals surface area (Å²) in [4.78, 5) is 10.4. The van der Waals surface area contributed by atoms with E-state index >= 15 is 0 Å². The van der Waals surface area contributed by atoms with Crippen LogP contribution in [0.5, 0.6) is 0 Å². The number of aromatic nitrogens is 2. The molecule has 0 saturated heterocycles. The first-order valence-electron chi connectivity index (χ1n) is 6.90. The van der Waals surface area contributed by atoms with Gasteiger partial charge in [0.25, 0.3) is 0 Å². The molecule has 0 aromatic carbocycles. The predicted octanol–water partition coefficient (Wildman–Crippen LogP) is 5.74. The van der Waals surface area contributed by atoms with Gasteiger partial charge in [0, 0.05) is 12.0 Å². The van der Waals surface area contributed by atoms with E-state index in [0.29, 0.717) is 0 Å². The summed E-state index contributed by atoms with van der Waals surface area (Å²) in [6, 6.07) is 3.84. The van der Waals surface area contributed by atoms with Crippen molar-refractivity contribution < 1.29 is 0 Å². The second-order valence-corrected chi connectivity index (χ2v) is 8.35. The van der Waals surface area contributed by atoms with E-state index in [4.69, 9.17) is 16.6 Å². The van der Waals surface area contributed by atoms with Gasteiger partial charge in [0.1, 0.15) is 5.82 Å². The van der Waals surface area contributed by atoms with Crippen LogP contribution < -0.4 is 5.32 Å². The molecule has 0 amide bonds. The minimum atomic E-state index is -0.0692. The molecule has 0 bridgehead atoms. The average molecular weight is 389 g/mol. The van der Waals surface area contributed by atoms with Crippen LogP contribution in [0, 0.1) is 0 Å². The van der Waals surface area contributed by atoms with Gasteiger partial charge < -0.3 is 5.32 Å². The third-order valence-corrected chi connectivity index (χ3v) is 4.88. The van der Waals surface area contributed by atoms with Crippen molar-refractivity contribution in [3.05, 3.63) is 26.6 Å². The molecule has 2 rings (SSSR count). The van der Waals surface area contributed by atoms with Gasteiger partial charge in [0.2, 0.25) is 0 Å². The lowest BCUT2D eigenvalue weighted by atomic mass is 9.92. The largest absolute Gasteiger partial charge is 0.369 e. The molecule has 0 unspecified atom stereocenters. The van der Waals surface area contributed by atoms with E-state index in [2.05, 4.69) is 53.9 Å². The van der Waals surface area contributed by atoms with Gasteiger partial charge in [0.15, 0.2) is 5.82 Å². The van der Waals surface area contributed by atoms with E-state index < -0.39 is 0 Å². The topological polar surface area (TPSA) is 37.8 Å². The zero-order chi connectivity index (χ0) is 15.6. The van der Waals surface area contributed by atoms with E-state index in [9.17, 15) is 0 Å². The average Bonchev–Trinajstić information content (AvgIpc) is 2.83. The van der Waals surface area contributed by atoms with Crippen molar-refractivity contribution in [2.45, 2.75) is 39.5 Å². The van der Waals surface area contributed by atoms with E-state index in [0.717, 1.165) is 44.0 Å². The van der Waals surface area contributed by atoms with Crippen molar-refractivity contribution in [2.75, 3.05) is 11.9 Å². The molecule has 0 spiro atoms. The smallest absolute Gasteiger partial charge is 0.172 e. The molecule has 114 valence electrons. The molecular weight excluding hydrogens is 370 g/mol. The number of nitrogens with zero attached hydrogens (tertiary/aromatic N) is 2. The highest BCUT2D eigenvalue weighted by Crippen LogP contribution is 2.36. The first-order valence-corrected chi connectivity index (χ1v) is 8.89. The molecule has 0 radical (unpaired) electrons. The quantitative estimate of drug-likeness (QED) is 0.725. The number of halogens is 2. The normalized spacial score (nSPS) is 11.7. The summed E-state index contributed by atoms with van der Waals surface area (Å²) in [7, 11) is 0. The van der Waals surface area contributed by atoms with Crippen LogP contribution in [0.25, 0.3) is 10.7 Å². The van der Waals surface area contributed by atoms with Crippen LogP contribution in [-0.4, -0.2) is 16.5 Å². The highest BCUT2D eigenvalue weighted by molar-refractivity contribution is 9.10. The molecule has 0 aliphatic carbocycles. The molecule has 21 heavy (non-hydrogen) atoms. The van der Waals surface area contributed by atoms with Crippen molar-refractivity contribution >= 4 is 44.7 Å². The van der Waals surface area contributed by atoms with Gasteiger partial charge in [-0.3, -0.25) is 0 Å². The Morgan fingerprint density at radius 1 is 1.29 bits per heavy atom. The molecular formula is C15H19BrClN3S. The number of hydrogen-bond donors (Lipinski definition) is 1. The van der Waals surface area contributed by atoms with E-state index in [1.807, 2.05) is 12.1 Å². The zero-order valence-corrected chi connectivity index (χ0v) is 15.8. The SMILES string of the molecule is CCCNc1nc(-c2ccc(Cl)s2)nc(C(C)(C)C)c1Br.